The molecule has 0 fully saturated rings. The highest BCUT2D eigenvalue weighted by atomic mass is 32.1. The van der Waals surface area contributed by atoms with E-state index in [1.807, 2.05) is 23.5 Å². The first-order valence-corrected chi connectivity index (χ1v) is 11.9. The summed E-state index contributed by atoms with van der Waals surface area (Å²) in [5, 5.41) is 1.34. The van der Waals surface area contributed by atoms with Gasteiger partial charge in [-0.05, 0) is 84.4 Å². The lowest BCUT2D eigenvalue weighted by molar-refractivity contribution is -0.0000190. The van der Waals surface area contributed by atoms with Gasteiger partial charge in [-0.3, -0.25) is 0 Å². The number of benzene rings is 3. The van der Waals surface area contributed by atoms with Crippen molar-refractivity contribution in [2.75, 3.05) is 14.1 Å². The third-order valence-electron chi connectivity index (χ3n) is 6.79. The predicted octanol–water partition coefficient (Wildman–Crippen LogP) is 7.32. The molecule has 1 aromatic heterocycles. The lowest BCUT2D eigenvalue weighted by Crippen LogP contribution is -2.38. The van der Waals surface area contributed by atoms with E-state index < -0.39 is 0 Å². The highest BCUT2D eigenvalue weighted by Gasteiger charge is 2.36. The molecule has 0 bridgehead atoms. The molecular formula is C28H28FNOS. The number of hydrogen-bond acceptors (Lipinski definition) is 3. The Bertz CT molecular complexity index is 1260. The van der Waals surface area contributed by atoms with Crippen molar-refractivity contribution in [1.29, 1.82) is 0 Å². The minimum Gasteiger partial charge on any atom is -0.367 e. The van der Waals surface area contributed by atoms with Gasteiger partial charge < -0.3 is 9.64 Å². The molecule has 0 N–H and O–H groups in total. The van der Waals surface area contributed by atoms with Gasteiger partial charge in [-0.25, -0.2) is 4.39 Å². The number of nitrogens with zero attached hydrogens (tertiary/aromatic N) is 1. The number of halogens is 1. The van der Waals surface area contributed by atoms with E-state index in [0.717, 1.165) is 5.56 Å². The summed E-state index contributed by atoms with van der Waals surface area (Å²) in [7, 11) is 4.20. The summed E-state index contributed by atoms with van der Waals surface area (Å²) >= 11 is 1.86. The van der Waals surface area contributed by atoms with Crippen LogP contribution in [0.25, 0.3) is 20.5 Å². The van der Waals surface area contributed by atoms with E-state index >= 15 is 0 Å². The molecule has 3 unspecified atom stereocenters. The molecular weight excluding hydrogens is 417 g/mol. The van der Waals surface area contributed by atoms with E-state index in [1.54, 1.807) is 12.1 Å². The number of fused-ring (bicyclic) bond motifs is 2. The number of hydrogen-bond donors (Lipinski definition) is 0. The summed E-state index contributed by atoms with van der Waals surface area (Å²) in [6, 6.07) is 22.4. The quantitative estimate of drug-likeness (QED) is 0.319. The molecule has 0 saturated carbocycles. The summed E-state index contributed by atoms with van der Waals surface area (Å²) in [6.07, 6.45) is -0.0161. The van der Waals surface area contributed by atoms with Gasteiger partial charge in [0, 0.05) is 15.6 Å². The van der Waals surface area contributed by atoms with E-state index in [0.29, 0.717) is 6.61 Å². The molecule has 4 aromatic rings. The minimum atomic E-state index is -0.200. The summed E-state index contributed by atoms with van der Waals surface area (Å²) in [4.78, 5) is 3.57. The van der Waals surface area contributed by atoms with E-state index in [1.165, 1.54) is 37.2 Å². The lowest BCUT2D eigenvalue weighted by atomic mass is 9.85. The SMILES string of the molecule is Cc1c(-c2ccc3c(c2)COC3C(C(C)c2ccc(F)cc2)N(C)C)sc2ccccc12. The summed E-state index contributed by atoms with van der Waals surface area (Å²) in [5.74, 6) is -0.0000536. The standard InChI is InChI=1S/C28H28FNOS/c1-17(19-9-12-22(29)13-10-19)26(30(3)4)27-24-14-11-20(15-21(24)16-31-27)28-18(2)23-7-5-6-8-25(23)32-28/h5-15,17,26-27H,16H2,1-4H3. The van der Waals surface area contributed by atoms with Gasteiger partial charge in [0.25, 0.3) is 0 Å². The Balaban J connectivity index is 1.49. The molecule has 0 aliphatic carbocycles. The van der Waals surface area contributed by atoms with E-state index in [2.05, 4.69) is 75.3 Å². The molecule has 4 heteroatoms. The monoisotopic (exact) mass is 445 g/mol. The number of rotatable bonds is 5. The number of likely N-dealkylation sites (N-methyl/N-ethyl adjacent to an activating group) is 1. The van der Waals surface area contributed by atoms with Crippen LogP contribution in [0, 0.1) is 12.7 Å². The van der Waals surface area contributed by atoms with Crippen LogP contribution in [0.4, 0.5) is 4.39 Å². The van der Waals surface area contributed by atoms with Crippen LogP contribution in [0.15, 0.2) is 66.7 Å². The van der Waals surface area contributed by atoms with Gasteiger partial charge in [-0.15, -0.1) is 11.3 Å². The van der Waals surface area contributed by atoms with Gasteiger partial charge in [0.2, 0.25) is 0 Å². The molecule has 0 radical (unpaired) electrons. The Morgan fingerprint density at radius 1 is 1.03 bits per heavy atom. The second-order valence-corrected chi connectivity index (χ2v) is 10.0. The largest absolute Gasteiger partial charge is 0.367 e. The fourth-order valence-corrected chi connectivity index (χ4v) is 6.30. The van der Waals surface area contributed by atoms with E-state index in [-0.39, 0.29) is 23.9 Å². The van der Waals surface area contributed by atoms with Gasteiger partial charge in [0.05, 0.1) is 12.7 Å². The maximum Gasteiger partial charge on any atom is 0.123 e. The highest BCUT2D eigenvalue weighted by Crippen LogP contribution is 2.43. The zero-order valence-corrected chi connectivity index (χ0v) is 19.7. The Labute approximate surface area is 193 Å². The number of thiophene rings is 1. The fraction of sp³-hybridized carbons (Fsp3) is 0.286. The van der Waals surface area contributed by atoms with Crippen LogP contribution in [-0.2, 0) is 11.3 Å². The van der Waals surface area contributed by atoms with Crippen molar-refractivity contribution in [1.82, 2.24) is 4.90 Å². The van der Waals surface area contributed by atoms with Gasteiger partial charge in [0.15, 0.2) is 0 Å². The molecule has 3 atom stereocenters. The maximum absolute atomic E-state index is 13.4. The maximum atomic E-state index is 13.4. The molecule has 0 spiro atoms. The molecule has 3 aromatic carbocycles. The number of aryl methyl sites for hydroxylation is 1. The van der Waals surface area contributed by atoms with E-state index in [9.17, 15) is 4.39 Å². The highest BCUT2D eigenvalue weighted by molar-refractivity contribution is 7.22. The Kier molecular flexibility index (Phi) is 5.62. The molecule has 1 aliphatic rings. The Morgan fingerprint density at radius 2 is 1.78 bits per heavy atom. The van der Waals surface area contributed by atoms with Crippen molar-refractivity contribution >= 4 is 21.4 Å². The fourth-order valence-electron chi connectivity index (χ4n) is 5.09. The smallest absolute Gasteiger partial charge is 0.123 e. The molecule has 0 amide bonds. The summed E-state index contributed by atoms with van der Waals surface area (Å²) in [6.45, 7) is 5.04. The zero-order valence-electron chi connectivity index (χ0n) is 18.9. The Morgan fingerprint density at radius 3 is 2.50 bits per heavy atom. The third kappa shape index (κ3) is 3.66. The first-order chi connectivity index (χ1) is 15.4. The minimum absolute atomic E-state index is 0.0161. The zero-order chi connectivity index (χ0) is 22.4. The van der Waals surface area contributed by atoms with Crippen molar-refractivity contribution in [2.45, 2.75) is 38.5 Å². The molecule has 2 heterocycles. The van der Waals surface area contributed by atoms with Crippen molar-refractivity contribution in [3.05, 3.63) is 94.8 Å². The van der Waals surface area contributed by atoms with Gasteiger partial charge >= 0.3 is 0 Å². The van der Waals surface area contributed by atoms with Crippen molar-refractivity contribution in [3.8, 4) is 10.4 Å². The topological polar surface area (TPSA) is 12.5 Å². The van der Waals surface area contributed by atoms with Gasteiger partial charge in [-0.1, -0.05) is 49.4 Å². The molecule has 0 saturated heterocycles. The van der Waals surface area contributed by atoms with Crippen LogP contribution in [0.1, 0.15) is 41.2 Å². The lowest BCUT2D eigenvalue weighted by Gasteiger charge is -2.35. The summed E-state index contributed by atoms with van der Waals surface area (Å²) in [5.41, 5.74) is 6.26. The van der Waals surface area contributed by atoms with Crippen LogP contribution in [0.2, 0.25) is 0 Å². The van der Waals surface area contributed by atoms with Crippen LogP contribution < -0.4 is 0 Å². The first kappa shape index (κ1) is 21.3. The van der Waals surface area contributed by atoms with Crippen LogP contribution in [-0.4, -0.2) is 25.0 Å². The average molecular weight is 446 g/mol. The second-order valence-electron chi connectivity index (χ2n) is 8.99. The van der Waals surface area contributed by atoms with Crippen LogP contribution >= 0.6 is 11.3 Å². The molecule has 32 heavy (non-hydrogen) atoms. The van der Waals surface area contributed by atoms with Crippen molar-refractivity contribution in [3.63, 3.8) is 0 Å². The number of ether oxygens (including phenoxy) is 1. The van der Waals surface area contributed by atoms with Gasteiger partial charge in [0.1, 0.15) is 5.82 Å². The third-order valence-corrected chi connectivity index (χ3v) is 8.11. The van der Waals surface area contributed by atoms with Gasteiger partial charge in [-0.2, -0.15) is 0 Å². The first-order valence-electron chi connectivity index (χ1n) is 11.1. The Hall–Kier alpha value is -2.53. The normalized spacial score (nSPS) is 17.6. The second kappa shape index (κ2) is 8.43. The summed E-state index contributed by atoms with van der Waals surface area (Å²) < 4.78 is 21.2. The predicted molar refractivity (Wildman–Crippen MR) is 132 cm³/mol. The average Bonchev–Trinajstić information content (AvgIpc) is 3.35. The molecule has 2 nitrogen and oxygen atoms in total. The van der Waals surface area contributed by atoms with E-state index in [4.69, 9.17) is 4.74 Å². The van der Waals surface area contributed by atoms with Crippen LogP contribution in [0.3, 0.4) is 0 Å². The van der Waals surface area contributed by atoms with Crippen molar-refractivity contribution < 1.29 is 9.13 Å². The van der Waals surface area contributed by atoms with Crippen LogP contribution in [0.5, 0.6) is 0 Å². The molecule has 1 aliphatic heterocycles. The molecule has 5 rings (SSSR count). The molecule has 164 valence electrons. The van der Waals surface area contributed by atoms with Crippen molar-refractivity contribution in [2.24, 2.45) is 0 Å².